The molecule has 0 aromatic heterocycles. The van der Waals surface area contributed by atoms with Gasteiger partial charge in [-0.05, 0) is 264 Å². The van der Waals surface area contributed by atoms with Crippen LogP contribution in [0.5, 0.6) is 0 Å². The number of hydrogen-bond donors (Lipinski definition) is 2. The van der Waals surface area contributed by atoms with Gasteiger partial charge in [0.2, 0.25) is 0 Å². The van der Waals surface area contributed by atoms with Crippen LogP contribution in [-0.2, 0) is 81.0 Å². The fraction of sp³-hybridized carbons (Fsp3) is 0.818. The molecule has 3 heterocycles. The summed E-state index contributed by atoms with van der Waals surface area (Å²) in [5, 5.41) is 21.1. The van der Waals surface area contributed by atoms with E-state index in [2.05, 4.69) is 38.3 Å². The summed E-state index contributed by atoms with van der Waals surface area (Å²) in [7, 11) is 0. The number of hydrogen-bond acceptors (Lipinski definition) is 19. The zero-order valence-electron chi connectivity index (χ0n) is 60.7. The fourth-order valence-electron chi connectivity index (χ4n) is 17.7. The van der Waals surface area contributed by atoms with Gasteiger partial charge >= 0.3 is 47.8 Å². The van der Waals surface area contributed by atoms with Crippen molar-refractivity contribution >= 4 is 47.8 Å². The van der Waals surface area contributed by atoms with Crippen LogP contribution in [0.15, 0.2) is 37.0 Å². The molecule has 12 atom stereocenters. The van der Waals surface area contributed by atoms with E-state index in [0.29, 0.717) is 65.9 Å². The zero-order valence-corrected chi connectivity index (χ0v) is 60.7. The SMILES string of the molecule is C1CCOC1.C=C(C)C(=O)OC1(C)CC2CCC1C2.C=C(C)C(=O)OC1COC(=O)C1.C=CC(=O)OC12CC3CC(CC(O)(C3)C1)C2.CCC(C)(C)C(=O)OC1(C)CC2CCC1C2.CCC(C)(C)C(=O)OC12CC3CC(CC(O)(C3)C1)C2.CCC(C)(C)C(=O)OC1COC(=O)C1. The smallest absolute Gasteiger partial charge is 0.333 e. The van der Waals surface area contributed by atoms with Crippen molar-refractivity contribution in [2.24, 2.45) is 63.6 Å². The van der Waals surface area contributed by atoms with Gasteiger partial charge in [-0.25, -0.2) is 14.4 Å². The first-order valence-corrected chi connectivity index (χ1v) is 36.3. The van der Waals surface area contributed by atoms with Gasteiger partial charge in [-0.3, -0.25) is 24.0 Å². The lowest BCUT2D eigenvalue weighted by Crippen LogP contribution is -2.61. The summed E-state index contributed by atoms with van der Waals surface area (Å²) in [6, 6.07) is 0. The average Bonchev–Trinajstić information content (AvgIpc) is 1.44. The van der Waals surface area contributed by atoms with Crippen molar-refractivity contribution in [1.29, 1.82) is 0 Å². The Labute approximate surface area is 572 Å². The van der Waals surface area contributed by atoms with Gasteiger partial charge in [0.05, 0.1) is 40.3 Å². The summed E-state index contributed by atoms with van der Waals surface area (Å²) >= 11 is 0. The standard InChI is InChI=1S/C16H26O3.C14H24O2.C13H18O3.C12H18O2.C10H16O4.C8H10O4.C4H8O/c1-4-14(2,3)13(17)19-16-8-11-5-12(9-16)7-15(18,6-11)10-16;1-5-13(2,3)12(15)16-14(4)9-10-6-7-11(14)8-10;1-2-11(14)16-13-6-9-3-10(7-13)5-12(15,4-9)8-13;1-8(2)11(13)14-12(3)7-9-4-5-10(12)6-9;1-4-10(2,3)9(12)14-7-5-8(11)13-6-7;1-5(2)8(10)12-6-3-7(9)11-4-6;1-2-4-5-3-1/h11-12,18H,4-10H2,1-3H3;10-11H,5-9H2,1-4H3;2,9-10,15H,1,3-8H2;9-10H,1,4-7H2,2-3H3;7H,4-6H2,1-3H3;6H,1,3-4H2,2H3;1-4H2. The van der Waals surface area contributed by atoms with Crippen LogP contribution in [0.2, 0.25) is 0 Å². The quantitative estimate of drug-likeness (QED) is 0.0877. The molecule has 15 rings (SSSR count). The minimum atomic E-state index is -0.564. The van der Waals surface area contributed by atoms with Gasteiger partial charge in [0, 0.05) is 43.3 Å². The minimum Gasteiger partial charge on any atom is -0.462 e. The Hall–Kier alpha value is -5.14. The summed E-state index contributed by atoms with van der Waals surface area (Å²) < 4.78 is 47.2. The second-order valence-electron chi connectivity index (χ2n) is 33.7. The van der Waals surface area contributed by atoms with Gasteiger partial charge in [0.25, 0.3) is 0 Å². The number of ether oxygens (including phenoxy) is 9. The number of carbonyl (C=O) groups is 8. The van der Waals surface area contributed by atoms with E-state index in [-0.39, 0.29) is 102 Å². The fourth-order valence-corrected chi connectivity index (χ4v) is 17.7. The second-order valence-corrected chi connectivity index (χ2v) is 33.7. The molecule has 19 nitrogen and oxygen atoms in total. The maximum Gasteiger partial charge on any atom is 0.333 e. The van der Waals surface area contributed by atoms with Gasteiger partial charge < -0.3 is 52.8 Å². The molecule has 0 aromatic carbocycles. The Morgan fingerprint density at radius 1 is 0.510 bits per heavy atom. The molecule has 19 heteroatoms. The average molecular weight is 1350 g/mol. The van der Waals surface area contributed by atoms with Gasteiger partial charge in [-0.1, -0.05) is 40.5 Å². The lowest BCUT2D eigenvalue weighted by molar-refractivity contribution is -0.225. The first kappa shape index (κ1) is 78.2. The molecule has 0 spiro atoms. The van der Waals surface area contributed by atoms with Crippen LogP contribution < -0.4 is 0 Å². The van der Waals surface area contributed by atoms with Gasteiger partial charge in [0.1, 0.15) is 47.8 Å². The van der Waals surface area contributed by atoms with Crippen LogP contribution in [-0.4, -0.2) is 130 Å². The lowest BCUT2D eigenvalue weighted by Gasteiger charge is -2.59. The second kappa shape index (κ2) is 31.6. The molecule has 2 N–H and O–H groups in total. The Morgan fingerprint density at radius 3 is 1.22 bits per heavy atom. The van der Waals surface area contributed by atoms with E-state index in [1.807, 2.05) is 62.3 Å². The van der Waals surface area contributed by atoms with E-state index in [1.54, 1.807) is 13.8 Å². The summed E-state index contributed by atoms with van der Waals surface area (Å²) in [6.07, 6.45) is 26.6. The normalized spacial score (nSPS) is 36.2. The third kappa shape index (κ3) is 20.5. The van der Waals surface area contributed by atoms with Crippen molar-refractivity contribution in [3.63, 3.8) is 0 Å². The number of cyclic esters (lactones) is 2. The molecule has 12 unspecified atom stereocenters. The van der Waals surface area contributed by atoms with Gasteiger partial charge in [0.15, 0.2) is 0 Å². The van der Waals surface area contributed by atoms with Crippen LogP contribution in [0, 0.1) is 63.6 Å². The molecule has 542 valence electrons. The van der Waals surface area contributed by atoms with Gasteiger partial charge in [-0.15, -0.1) is 0 Å². The van der Waals surface area contributed by atoms with Crippen LogP contribution in [0.25, 0.3) is 0 Å². The molecule has 0 aromatic rings. The predicted octanol–water partition coefficient (Wildman–Crippen LogP) is 13.6. The Morgan fingerprint density at radius 2 is 0.896 bits per heavy atom. The van der Waals surface area contributed by atoms with E-state index in [0.717, 1.165) is 102 Å². The monoisotopic (exact) mass is 1350 g/mol. The summed E-state index contributed by atoms with van der Waals surface area (Å²) in [4.78, 5) is 91.1. The molecular weight excluding hydrogens is 1230 g/mol. The van der Waals surface area contributed by atoms with Crippen LogP contribution in [0.4, 0.5) is 0 Å². The maximum absolute atomic E-state index is 12.4. The Bertz CT molecular complexity index is 2790. The zero-order chi connectivity index (χ0) is 71.0. The molecule has 0 amide bonds. The Balaban J connectivity index is 0.000000161. The van der Waals surface area contributed by atoms with Crippen molar-refractivity contribution < 1.29 is 91.2 Å². The van der Waals surface area contributed by atoms with Crippen molar-refractivity contribution in [1.82, 2.24) is 0 Å². The van der Waals surface area contributed by atoms with E-state index >= 15 is 0 Å². The first-order valence-electron chi connectivity index (χ1n) is 36.3. The number of esters is 8. The van der Waals surface area contributed by atoms with E-state index in [9.17, 15) is 48.6 Å². The third-order valence-corrected chi connectivity index (χ3v) is 23.6. The molecule has 3 saturated heterocycles. The van der Waals surface area contributed by atoms with Crippen molar-refractivity contribution in [3.8, 4) is 0 Å². The third-order valence-electron chi connectivity index (χ3n) is 23.6. The van der Waals surface area contributed by atoms with Crippen LogP contribution >= 0.6 is 0 Å². The minimum absolute atomic E-state index is 0.00921. The molecule has 12 saturated carbocycles. The van der Waals surface area contributed by atoms with E-state index in [1.165, 1.54) is 70.3 Å². The number of fused-ring (bicyclic) bond motifs is 4. The highest BCUT2D eigenvalue weighted by molar-refractivity contribution is 5.88. The number of rotatable bonds is 15. The molecule has 15 fully saturated rings. The van der Waals surface area contributed by atoms with E-state index in [4.69, 9.17) is 37.9 Å². The number of carbonyl (C=O) groups excluding carboxylic acids is 8. The largest absolute Gasteiger partial charge is 0.462 e. The first-order chi connectivity index (χ1) is 44.7. The summed E-state index contributed by atoms with van der Waals surface area (Å²) in [6.45, 7) is 37.8. The van der Waals surface area contributed by atoms with Crippen LogP contribution in [0.1, 0.15) is 263 Å². The van der Waals surface area contributed by atoms with Crippen molar-refractivity contribution in [2.45, 2.75) is 309 Å². The van der Waals surface area contributed by atoms with Crippen molar-refractivity contribution in [2.75, 3.05) is 26.4 Å². The van der Waals surface area contributed by atoms with Gasteiger partial charge in [-0.2, -0.15) is 0 Å². The van der Waals surface area contributed by atoms with E-state index < -0.39 is 34.1 Å². The molecule has 12 aliphatic carbocycles. The Kier molecular flexibility index (Phi) is 25.7. The summed E-state index contributed by atoms with van der Waals surface area (Å²) in [5.74, 6) is 3.02. The topological polar surface area (TPSA) is 260 Å². The highest BCUT2D eigenvalue weighted by Gasteiger charge is 2.61. The highest BCUT2D eigenvalue weighted by atomic mass is 16.6. The molecule has 3 aliphatic heterocycles. The molecule has 15 aliphatic rings. The van der Waals surface area contributed by atoms with Crippen molar-refractivity contribution in [3.05, 3.63) is 37.0 Å². The highest BCUT2D eigenvalue weighted by Crippen LogP contribution is 2.61. The predicted molar refractivity (Wildman–Crippen MR) is 360 cm³/mol. The lowest BCUT2D eigenvalue weighted by atomic mass is 9.52. The molecular formula is C77H120O19. The maximum atomic E-state index is 12.4. The number of aliphatic hydroxyl groups is 2. The molecule has 0 radical (unpaired) electrons. The summed E-state index contributed by atoms with van der Waals surface area (Å²) in [5.41, 5.74) is -2.60. The van der Waals surface area contributed by atoms with Crippen LogP contribution in [0.3, 0.4) is 0 Å². The molecule has 12 bridgehead atoms. The molecule has 96 heavy (non-hydrogen) atoms.